The Bertz CT molecular complexity index is 209. The second-order valence-corrected chi connectivity index (χ2v) is 3.58. The Kier molecular flexibility index (Phi) is 3.86. The van der Waals surface area contributed by atoms with Crippen LogP contribution in [0.5, 0.6) is 0 Å². The lowest BCUT2D eigenvalue weighted by Crippen LogP contribution is -2.55. The Labute approximate surface area is 83.4 Å². The first-order chi connectivity index (χ1) is 6.54. The van der Waals surface area contributed by atoms with Crippen LogP contribution in [0.2, 0.25) is 0 Å². The van der Waals surface area contributed by atoms with Crippen LogP contribution in [-0.2, 0) is 14.3 Å². The molecular weight excluding hydrogens is 186 g/mol. The molecule has 1 aliphatic rings. The fraction of sp³-hybridized carbons (Fsp3) is 0.889. The molecule has 0 aliphatic carbocycles. The molecule has 4 unspecified atom stereocenters. The number of carbonyl (C=O) groups excluding carboxylic acids is 1. The van der Waals surface area contributed by atoms with Gasteiger partial charge in [-0.15, -0.1) is 0 Å². The lowest BCUT2D eigenvalue weighted by Gasteiger charge is -2.37. The van der Waals surface area contributed by atoms with Crippen LogP contribution in [0.3, 0.4) is 0 Å². The summed E-state index contributed by atoms with van der Waals surface area (Å²) >= 11 is 0. The zero-order chi connectivity index (χ0) is 10.7. The highest BCUT2D eigenvalue weighted by Gasteiger charge is 2.36. The van der Waals surface area contributed by atoms with Crippen molar-refractivity contribution < 1.29 is 19.4 Å². The minimum atomic E-state index is -0.805. The molecule has 5 nitrogen and oxygen atoms in total. The molecule has 1 rings (SSSR count). The average Bonchev–Trinajstić information content (AvgIpc) is 2.09. The van der Waals surface area contributed by atoms with Crippen molar-refractivity contribution in [2.24, 2.45) is 0 Å². The first-order valence-electron chi connectivity index (χ1n) is 4.68. The van der Waals surface area contributed by atoms with E-state index in [2.05, 4.69) is 5.32 Å². The molecular formula is C9H17NO4. The lowest BCUT2D eigenvalue weighted by molar-refractivity contribution is -0.233. The van der Waals surface area contributed by atoms with Crippen molar-refractivity contribution in [1.82, 2.24) is 5.32 Å². The van der Waals surface area contributed by atoms with Crippen molar-refractivity contribution in [1.29, 1.82) is 0 Å². The summed E-state index contributed by atoms with van der Waals surface area (Å²) in [5.74, 6) is -0.155. The molecule has 0 aromatic heterocycles. The Morgan fingerprint density at radius 3 is 2.79 bits per heavy atom. The number of methoxy groups -OCH3 is 1. The molecule has 5 heteroatoms. The molecule has 0 spiro atoms. The molecule has 14 heavy (non-hydrogen) atoms. The predicted octanol–water partition coefficient (Wildman–Crippen LogP) is -0.367. The van der Waals surface area contributed by atoms with Crippen LogP contribution in [0.25, 0.3) is 0 Å². The highest BCUT2D eigenvalue weighted by atomic mass is 16.7. The van der Waals surface area contributed by atoms with E-state index in [-0.39, 0.29) is 18.1 Å². The van der Waals surface area contributed by atoms with E-state index in [4.69, 9.17) is 9.47 Å². The summed E-state index contributed by atoms with van der Waals surface area (Å²) < 4.78 is 10.3. The third-order valence-corrected chi connectivity index (χ3v) is 2.26. The quantitative estimate of drug-likeness (QED) is 0.642. The van der Waals surface area contributed by atoms with Crippen LogP contribution < -0.4 is 5.32 Å². The molecule has 82 valence electrons. The van der Waals surface area contributed by atoms with Crippen LogP contribution in [0.15, 0.2) is 0 Å². The standard InChI is InChI=1S/C9H17NO4/c1-5-4-7(10-6(2)11)8(12)9(13-3)14-5/h5,7-9,12H,4H2,1-3H3,(H,10,11). The highest BCUT2D eigenvalue weighted by Crippen LogP contribution is 2.20. The van der Waals surface area contributed by atoms with Crippen LogP contribution in [0, 0.1) is 0 Å². The molecule has 0 aromatic carbocycles. The molecule has 1 fully saturated rings. The van der Waals surface area contributed by atoms with Crippen molar-refractivity contribution in [3.63, 3.8) is 0 Å². The number of aliphatic hydroxyl groups is 1. The van der Waals surface area contributed by atoms with Crippen molar-refractivity contribution in [3.8, 4) is 0 Å². The monoisotopic (exact) mass is 203 g/mol. The van der Waals surface area contributed by atoms with Gasteiger partial charge in [0, 0.05) is 14.0 Å². The Morgan fingerprint density at radius 1 is 1.64 bits per heavy atom. The van der Waals surface area contributed by atoms with E-state index in [9.17, 15) is 9.90 Å². The topological polar surface area (TPSA) is 67.8 Å². The van der Waals surface area contributed by atoms with E-state index in [1.54, 1.807) is 0 Å². The zero-order valence-electron chi connectivity index (χ0n) is 8.69. The Morgan fingerprint density at radius 2 is 2.29 bits per heavy atom. The van der Waals surface area contributed by atoms with Gasteiger partial charge < -0.3 is 19.9 Å². The van der Waals surface area contributed by atoms with Gasteiger partial charge in [0.2, 0.25) is 5.91 Å². The van der Waals surface area contributed by atoms with Crippen LogP contribution in [0.1, 0.15) is 20.3 Å². The molecule has 4 atom stereocenters. The predicted molar refractivity (Wildman–Crippen MR) is 49.6 cm³/mol. The molecule has 1 saturated heterocycles. The third kappa shape index (κ3) is 2.67. The van der Waals surface area contributed by atoms with Crippen molar-refractivity contribution in [2.45, 2.75) is 44.8 Å². The second kappa shape index (κ2) is 4.72. The lowest BCUT2D eigenvalue weighted by atomic mass is 10.0. The number of hydrogen-bond donors (Lipinski definition) is 2. The first-order valence-corrected chi connectivity index (χ1v) is 4.68. The number of nitrogens with one attached hydrogen (secondary N) is 1. The average molecular weight is 203 g/mol. The molecule has 1 amide bonds. The maximum Gasteiger partial charge on any atom is 0.217 e. The summed E-state index contributed by atoms with van der Waals surface area (Å²) in [4.78, 5) is 10.9. The van der Waals surface area contributed by atoms with Gasteiger partial charge in [0.25, 0.3) is 0 Å². The minimum Gasteiger partial charge on any atom is -0.386 e. The van der Waals surface area contributed by atoms with Gasteiger partial charge in [0.15, 0.2) is 6.29 Å². The van der Waals surface area contributed by atoms with E-state index in [0.717, 1.165) is 0 Å². The number of carbonyl (C=O) groups is 1. The fourth-order valence-electron chi connectivity index (χ4n) is 1.65. The summed E-state index contributed by atoms with van der Waals surface area (Å²) in [6, 6.07) is -0.291. The summed E-state index contributed by atoms with van der Waals surface area (Å²) in [6.45, 7) is 3.31. The van der Waals surface area contributed by atoms with Gasteiger partial charge in [-0.25, -0.2) is 0 Å². The van der Waals surface area contributed by atoms with E-state index in [0.29, 0.717) is 6.42 Å². The van der Waals surface area contributed by atoms with Crippen LogP contribution >= 0.6 is 0 Å². The van der Waals surface area contributed by atoms with Gasteiger partial charge >= 0.3 is 0 Å². The molecule has 0 aromatic rings. The van der Waals surface area contributed by atoms with Gasteiger partial charge in [-0.1, -0.05) is 0 Å². The van der Waals surface area contributed by atoms with Gasteiger partial charge in [-0.05, 0) is 13.3 Å². The SMILES string of the molecule is COC1OC(C)CC(NC(C)=O)C1O. The number of rotatable bonds is 2. The Hall–Kier alpha value is -0.650. The molecule has 1 aliphatic heterocycles. The van der Waals surface area contributed by atoms with Gasteiger partial charge in [-0.2, -0.15) is 0 Å². The number of amides is 1. The number of aliphatic hydroxyl groups excluding tert-OH is 1. The number of hydrogen-bond acceptors (Lipinski definition) is 4. The molecule has 1 heterocycles. The van der Waals surface area contributed by atoms with Gasteiger partial charge in [-0.3, -0.25) is 4.79 Å². The fourth-order valence-corrected chi connectivity index (χ4v) is 1.65. The molecule has 0 radical (unpaired) electrons. The normalized spacial score (nSPS) is 38.0. The van der Waals surface area contributed by atoms with Crippen molar-refractivity contribution in [3.05, 3.63) is 0 Å². The van der Waals surface area contributed by atoms with Gasteiger partial charge in [0.1, 0.15) is 6.10 Å². The summed E-state index contributed by atoms with van der Waals surface area (Å²) in [5.41, 5.74) is 0. The first kappa shape index (κ1) is 11.4. The van der Waals surface area contributed by atoms with E-state index in [1.165, 1.54) is 14.0 Å². The van der Waals surface area contributed by atoms with E-state index < -0.39 is 12.4 Å². The third-order valence-electron chi connectivity index (χ3n) is 2.26. The maximum absolute atomic E-state index is 10.9. The van der Waals surface area contributed by atoms with E-state index in [1.807, 2.05) is 6.92 Å². The molecule has 0 bridgehead atoms. The van der Waals surface area contributed by atoms with E-state index >= 15 is 0 Å². The highest BCUT2D eigenvalue weighted by molar-refractivity contribution is 5.73. The zero-order valence-corrected chi connectivity index (χ0v) is 8.69. The number of ether oxygens (including phenoxy) is 2. The molecule has 0 saturated carbocycles. The summed E-state index contributed by atoms with van der Waals surface area (Å²) in [6.07, 6.45) is -0.892. The Balaban J connectivity index is 2.59. The van der Waals surface area contributed by atoms with Gasteiger partial charge in [0.05, 0.1) is 12.1 Å². The summed E-state index contributed by atoms with van der Waals surface area (Å²) in [5, 5.41) is 12.4. The van der Waals surface area contributed by atoms with Crippen LogP contribution in [-0.4, -0.2) is 42.7 Å². The smallest absolute Gasteiger partial charge is 0.217 e. The van der Waals surface area contributed by atoms with Crippen molar-refractivity contribution >= 4 is 5.91 Å². The van der Waals surface area contributed by atoms with Crippen molar-refractivity contribution in [2.75, 3.05) is 7.11 Å². The minimum absolute atomic E-state index is 0.0276. The largest absolute Gasteiger partial charge is 0.386 e. The summed E-state index contributed by atoms with van der Waals surface area (Å²) in [7, 11) is 1.47. The maximum atomic E-state index is 10.9. The molecule has 2 N–H and O–H groups in total. The van der Waals surface area contributed by atoms with Crippen LogP contribution in [0.4, 0.5) is 0 Å². The second-order valence-electron chi connectivity index (χ2n) is 3.58.